The molecule has 0 fully saturated rings. The summed E-state index contributed by atoms with van der Waals surface area (Å²) < 4.78 is 20.3. The van der Waals surface area contributed by atoms with Crippen LogP contribution in [-0.2, 0) is 12.8 Å². The molecule has 1 heterocycles. The van der Waals surface area contributed by atoms with Gasteiger partial charge in [-0.25, -0.2) is 9.18 Å². The second-order valence-electron chi connectivity index (χ2n) is 8.20. The average Bonchev–Trinajstić information content (AvgIpc) is 2.78. The summed E-state index contributed by atoms with van der Waals surface area (Å²) in [5, 5.41) is 9.78. The predicted molar refractivity (Wildman–Crippen MR) is 125 cm³/mol. The van der Waals surface area contributed by atoms with Crippen LogP contribution in [0.1, 0.15) is 66.8 Å². The topological polar surface area (TPSA) is 59.4 Å². The number of aryl methyl sites for hydroxylation is 2. The standard InChI is InChI=1S/C27H30FNO3/c1-4-8-19-12-14-20(15-13-19)32-16-7-11-25-23(27(30)31)17-22(26(29-25)18(2)3)21-9-5-6-10-24(21)28/h5-6,9-10,12-15,17-18H,4,7-8,11,16H2,1-3H3,(H,30,31). The number of nitrogens with zero attached hydrogens (tertiary/aromatic N) is 1. The van der Waals surface area contributed by atoms with Gasteiger partial charge in [-0.1, -0.05) is 57.5 Å². The normalized spacial score (nSPS) is 11.0. The molecule has 1 N–H and O–H groups in total. The van der Waals surface area contributed by atoms with E-state index in [9.17, 15) is 14.3 Å². The van der Waals surface area contributed by atoms with Gasteiger partial charge in [0.05, 0.1) is 23.6 Å². The molecule has 0 atom stereocenters. The molecule has 2 aromatic carbocycles. The highest BCUT2D eigenvalue weighted by Gasteiger charge is 2.20. The Kier molecular flexibility index (Phi) is 7.98. The third-order valence-electron chi connectivity index (χ3n) is 5.36. The molecule has 0 radical (unpaired) electrons. The molecule has 0 saturated heterocycles. The zero-order chi connectivity index (χ0) is 23.1. The summed E-state index contributed by atoms with van der Waals surface area (Å²) in [5.74, 6) is -0.635. The Bertz CT molecular complexity index is 1060. The van der Waals surface area contributed by atoms with Gasteiger partial charge in [0, 0.05) is 11.1 Å². The van der Waals surface area contributed by atoms with E-state index >= 15 is 0 Å². The van der Waals surface area contributed by atoms with E-state index in [0.29, 0.717) is 42.0 Å². The first-order valence-corrected chi connectivity index (χ1v) is 11.1. The second kappa shape index (κ2) is 10.9. The fourth-order valence-corrected chi connectivity index (χ4v) is 3.75. The smallest absolute Gasteiger partial charge is 0.337 e. The van der Waals surface area contributed by atoms with E-state index in [1.807, 2.05) is 26.0 Å². The molecule has 0 aliphatic heterocycles. The lowest BCUT2D eigenvalue weighted by molar-refractivity contribution is 0.0695. The van der Waals surface area contributed by atoms with Crippen molar-refractivity contribution in [1.29, 1.82) is 0 Å². The summed E-state index contributed by atoms with van der Waals surface area (Å²) in [5.41, 5.74) is 3.49. The molecule has 3 aromatic rings. The molecule has 32 heavy (non-hydrogen) atoms. The highest BCUT2D eigenvalue weighted by atomic mass is 19.1. The summed E-state index contributed by atoms with van der Waals surface area (Å²) in [6, 6.07) is 16.0. The fraction of sp³-hybridized carbons (Fsp3) is 0.333. The van der Waals surface area contributed by atoms with Crippen molar-refractivity contribution >= 4 is 5.97 Å². The van der Waals surface area contributed by atoms with E-state index in [1.165, 1.54) is 11.6 Å². The summed E-state index contributed by atoms with van der Waals surface area (Å²) in [4.78, 5) is 16.6. The number of carbonyl (C=O) groups is 1. The molecule has 0 unspecified atom stereocenters. The molecular formula is C27H30FNO3. The van der Waals surface area contributed by atoms with E-state index in [-0.39, 0.29) is 11.5 Å². The van der Waals surface area contributed by atoms with Gasteiger partial charge in [-0.15, -0.1) is 0 Å². The average molecular weight is 436 g/mol. The molecule has 0 saturated carbocycles. The van der Waals surface area contributed by atoms with Crippen LogP contribution in [0.5, 0.6) is 5.75 Å². The summed E-state index contributed by atoms with van der Waals surface area (Å²) in [6.45, 7) is 6.56. The second-order valence-corrected chi connectivity index (χ2v) is 8.20. The number of hydrogen-bond acceptors (Lipinski definition) is 3. The van der Waals surface area contributed by atoms with Crippen LogP contribution >= 0.6 is 0 Å². The van der Waals surface area contributed by atoms with Gasteiger partial charge in [-0.2, -0.15) is 0 Å². The van der Waals surface area contributed by atoms with Gasteiger partial charge >= 0.3 is 5.97 Å². The quantitative estimate of drug-likeness (QED) is 0.361. The minimum atomic E-state index is -1.06. The van der Waals surface area contributed by atoms with Crippen LogP contribution in [0, 0.1) is 5.82 Å². The van der Waals surface area contributed by atoms with Crippen LogP contribution in [0.2, 0.25) is 0 Å². The van der Waals surface area contributed by atoms with Gasteiger partial charge in [0.2, 0.25) is 0 Å². The van der Waals surface area contributed by atoms with Crippen LogP contribution in [-0.4, -0.2) is 22.7 Å². The molecule has 1 aromatic heterocycles. The Morgan fingerprint density at radius 1 is 1.06 bits per heavy atom. The van der Waals surface area contributed by atoms with Crippen LogP contribution in [0.4, 0.5) is 4.39 Å². The van der Waals surface area contributed by atoms with E-state index in [2.05, 4.69) is 24.0 Å². The molecule has 3 rings (SSSR count). The van der Waals surface area contributed by atoms with Gasteiger partial charge in [-0.05, 0) is 55.0 Å². The molecule has 0 spiro atoms. The predicted octanol–water partition coefficient (Wildman–Crippen LogP) is 6.67. The monoisotopic (exact) mass is 435 g/mol. The van der Waals surface area contributed by atoms with Gasteiger partial charge in [0.15, 0.2) is 0 Å². The van der Waals surface area contributed by atoms with Crippen LogP contribution < -0.4 is 4.74 Å². The number of ether oxygens (including phenoxy) is 1. The van der Waals surface area contributed by atoms with Gasteiger partial charge in [0.25, 0.3) is 0 Å². The number of carboxylic acids is 1. The maximum atomic E-state index is 14.4. The lowest BCUT2D eigenvalue weighted by Gasteiger charge is -2.17. The number of aromatic carboxylic acids is 1. The fourth-order valence-electron chi connectivity index (χ4n) is 3.75. The maximum absolute atomic E-state index is 14.4. The summed E-state index contributed by atoms with van der Waals surface area (Å²) in [7, 11) is 0. The number of hydrogen-bond donors (Lipinski definition) is 1. The van der Waals surface area contributed by atoms with Crippen molar-refractivity contribution in [2.45, 2.75) is 52.4 Å². The minimum Gasteiger partial charge on any atom is -0.494 e. The summed E-state index contributed by atoms with van der Waals surface area (Å²) >= 11 is 0. The van der Waals surface area contributed by atoms with Gasteiger partial charge in [0.1, 0.15) is 11.6 Å². The summed E-state index contributed by atoms with van der Waals surface area (Å²) in [6.07, 6.45) is 3.24. The van der Waals surface area contributed by atoms with E-state index in [1.54, 1.807) is 24.3 Å². The van der Waals surface area contributed by atoms with E-state index < -0.39 is 11.8 Å². The first kappa shape index (κ1) is 23.5. The molecule has 0 bridgehead atoms. The van der Waals surface area contributed by atoms with Crippen molar-refractivity contribution in [1.82, 2.24) is 4.98 Å². The van der Waals surface area contributed by atoms with Crippen molar-refractivity contribution in [2.75, 3.05) is 6.61 Å². The lowest BCUT2D eigenvalue weighted by Crippen LogP contribution is -2.11. The van der Waals surface area contributed by atoms with Crippen LogP contribution in [0.25, 0.3) is 11.1 Å². The largest absolute Gasteiger partial charge is 0.494 e. The Labute approximate surface area is 189 Å². The van der Waals surface area contributed by atoms with Crippen molar-refractivity contribution < 1.29 is 19.0 Å². The molecule has 168 valence electrons. The van der Waals surface area contributed by atoms with Gasteiger partial charge < -0.3 is 9.84 Å². The number of carboxylic acid groups (broad SMARTS) is 1. The maximum Gasteiger partial charge on any atom is 0.337 e. The number of pyridine rings is 1. The third-order valence-corrected chi connectivity index (χ3v) is 5.36. The number of benzene rings is 2. The van der Waals surface area contributed by atoms with Crippen molar-refractivity contribution in [2.24, 2.45) is 0 Å². The molecule has 0 amide bonds. The minimum absolute atomic E-state index is 0.0177. The van der Waals surface area contributed by atoms with E-state index in [4.69, 9.17) is 4.74 Å². The molecule has 5 heteroatoms. The molecular weight excluding hydrogens is 405 g/mol. The Morgan fingerprint density at radius 3 is 2.41 bits per heavy atom. The Morgan fingerprint density at radius 2 is 1.78 bits per heavy atom. The van der Waals surface area contributed by atoms with E-state index in [0.717, 1.165) is 18.6 Å². The third kappa shape index (κ3) is 5.72. The zero-order valence-corrected chi connectivity index (χ0v) is 18.9. The van der Waals surface area contributed by atoms with Crippen molar-refractivity contribution in [3.05, 3.63) is 82.9 Å². The Balaban J connectivity index is 1.78. The van der Waals surface area contributed by atoms with Gasteiger partial charge in [-0.3, -0.25) is 4.98 Å². The molecule has 0 aliphatic carbocycles. The van der Waals surface area contributed by atoms with Crippen molar-refractivity contribution in [3.63, 3.8) is 0 Å². The van der Waals surface area contributed by atoms with Crippen LogP contribution in [0.3, 0.4) is 0 Å². The number of aromatic nitrogens is 1. The highest BCUT2D eigenvalue weighted by Crippen LogP contribution is 2.32. The first-order chi connectivity index (χ1) is 15.4. The lowest BCUT2D eigenvalue weighted by atomic mass is 9.94. The number of rotatable bonds is 10. The molecule has 0 aliphatic rings. The zero-order valence-electron chi connectivity index (χ0n) is 18.9. The Hall–Kier alpha value is -3.21. The van der Waals surface area contributed by atoms with Crippen LogP contribution in [0.15, 0.2) is 54.6 Å². The van der Waals surface area contributed by atoms with Crippen molar-refractivity contribution in [3.8, 4) is 16.9 Å². The highest BCUT2D eigenvalue weighted by molar-refractivity contribution is 5.91. The number of halogens is 1. The molecule has 4 nitrogen and oxygen atoms in total. The SMILES string of the molecule is CCCc1ccc(OCCCc2nc(C(C)C)c(-c3ccccc3F)cc2C(=O)O)cc1. The first-order valence-electron chi connectivity index (χ1n) is 11.1.